The second kappa shape index (κ2) is 4.98. The molecule has 0 spiro atoms. The fraction of sp³-hybridized carbons (Fsp3) is 0.545. The molecule has 0 fully saturated rings. The Labute approximate surface area is 90.3 Å². The van der Waals surface area contributed by atoms with E-state index in [-0.39, 0.29) is 12.1 Å². The third-order valence-electron chi connectivity index (χ3n) is 2.52. The SMILES string of the molecule is CCC(C)(CO)Nc1ccnc(OC)c1. The van der Waals surface area contributed by atoms with Crippen LogP contribution in [0.15, 0.2) is 18.3 Å². The third-order valence-corrected chi connectivity index (χ3v) is 2.52. The van der Waals surface area contributed by atoms with Gasteiger partial charge in [-0.1, -0.05) is 6.92 Å². The van der Waals surface area contributed by atoms with Crippen molar-refractivity contribution in [1.82, 2.24) is 4.98 Å². The van der Waals surface area contributed by atoms with Crippen molar-refractivity contribution in [2.24, 2.45) is 0 Å². The zero-order valence-corrected chi connectivity index (χ0v) is 9.45. The van der Waals surface area contributed by atoms with Gasteiger partial charge in [-0.2, -0.15) is 0 Å². The van der Waals surface area contributed by atoms with Crippen LogP contribution in [0, 0.1) is 0 Å². The number of ether oxygens (including phenoxy) is 1. The van der Waals surface area contributed by atoms with E-state index in [4.69, 9.17) is 4.74 Å². The maximum absolute atomic E-state index is 9.26. The lowest BCUT2D eigenvalue weighted by atomic mass is 10.00. The first-order valence-corrected chi connectivity index (χ1v) is 5.02. The molecular weight excluding hydrogens is 192 g/mol. The number of pyridine rings is 1. The molecule has 0 aliphatic rings. The highest BCUT2D eigenvalue weighted by atomic mass is 16.5. The molecule has 0 bridgehead atoms. The average molecular weight is 210 g/mol. The summed E-state index contributed by atoms with van der Waals surface area (Å²) in [5, 5.41) is 12.5. The Kier molecular flexibility index (Phi) is 3.91. The Morgan fingerprint density at radius 2 is 2.33 bits per heavy atom. The van der Waals surface area contributed by atoms with E-state index in [9.17, 15) is 5.11 Å². The molecule has 1 aromatic heterocycles. The molecule has 0 saturated carbocycles. The van der Waals surface area contributed by atoms with Gasteiger partial charge in [-0.3, -0.25) is 0 Å². The summed E-state index contributed by atoms with van der Waals surface area (Å²) in [6.07, 6.45) is 2.52. The van der Waals surface area contributed by atoms with Crippen molar-refractivity contribution < 1.29 is 9.84 Å². The number of aromatic nitrogens is 1. The molecule has 0 radical (unpaired) electrons. The van der Waals surface area contributed by atoms with Crippen LogP contribution < -0.4 is 10.1 Å². The number of methoxy groups -OCH3 is 1. The van der Waals surface area contributed by atoms with Crippen LogP contribution in [-0.4, -0.2) is 29.3 Å². The van der Waals surface area contributed by atoms with Gasteiger partial charge in [-0.05, 0) is 19.4 Å². The van der Waals surface area contributed by atoms with Gasteiger partial charge in [-0.25, -0.2) is 4.98 Å². The van der Waals surface area contributed by atoms with Gasteiger partial charge in [0.1, 0.15) is 0 Å². The van der Waals surface area contributed by atoms with E-state index in [0.717, 1.165) is 12.1 Å². The molecule has 0 saturated heterocycles. The Morgan fingerprint density at radius 1 is 1.60 bits per heavy atom. The van der Waals surface area contributed by atoms with E-state index >= 15 is 0 Å². The number of aliphatic hydroxyl groups is 1. The number of nitrogens with zero attached hydrogens (tertiary/aromatic N) is 1. The Balaban J connectivity index is 2.79. The number of hydrogen-bond donors (Lipinski definition) is 2. The molecular formula is C11H18N2O2. The van der Waals surface area contributed by atoms with Gasteiger partial charge in [0, 0.05) is 18.0 Å². The highest BCUT2D eigenvalue weighted by Crippen LogP contribution is 2.20. The van der Waals surface area contributed by atoms with Crippen LogP contribution in [0.1, 0.15) is 20.3 Å². The summed E-state index contributed by atoms with van der Waals surface area (Å²) >= 11 is 0. The van der Waals surface area contributed by atoms with E-state index in [1.54, 1.807) is 13.3 Å². The van der Waals surface area contributed by atoms with Crippen LogP contribution in [0.3, 0.4) is 0 Å². The number of hydrogen-bond acceptors (Lipinski definition) is 4. The second-order valence-electron chi connectivity index (χ2n) is 3.78. The van der Waals surface area contributed by atoms with E-state index in [2.05, 4.69) is 10.3 Å². The normalized spacial score (nSPS) is 14.4. The molecule has 1 heterocycles. The fourth-order valence-corrected chi connectivity index (χ4v) is 1.19. The largest absolute Gasteiger partial charge is 0.481 e. The maximum atomic E-state index is 9.26. The molecule has 84 valence electrons. The van der Waals surface area contributed by atoms with Gasteiger partial charge in [-0.15, -0.1) is 0 Å². The molecule has 0 aliphatic heterocycles. The average Bonchev–Trinajstić information content (AvgIpc) is 2.29. The van der Waals surface area contributed by atoms with E-state index in [0.29, 0.717) is 5.88 Å². The number of rotatable bonds is 5. The molecule has 0 amide bonds. The highest BCUT2D eigenvalue weighted by Gasteiger charge is 2.20. The topological polar surface area (TPSA) is 54.4 Å². The molecule has 1 aromatic rings. The first-order valence-electron chi connectivity index (χ1n) is 5.02. The van der Waals surface area contributed by atoms with Crippen LogP contribution in [0.2, 0.25) is 0 Å². The van der Waals surface area contributed by atoms with Crippen molar-refractivity contribution in [2.45, 2.75) is 25.8 Å². The fourth-order valence-electron chi connectivity index (χ4n) is 1.19. The number of anilines is 1. The first kappa shape index (κ1) is 11.8. The molecule has 1 rings (SSSR count). The minimum absolute atomic E-state index is 0.0914. The lowest BCUT2D eigenvalue weighted by Crippen LogP contribution is -2.37. The smallest absolute Gasteiger partial charge is 0.214 e. The Bertz CT molecular complexity index is 311. The van der Waals surface area contributed by atoms with Crippen LogP contribution in [0.25, 0.3) is 0 Å². The third kappa shape index (κ3) is 3.09. The standard InChI is InChI=1S/C11H18N2O2/c1-4-11(2,8-14)13-9-5-6-12-10(7-9)15-3/h5-7,14H,4,8H2,1-3H3,(H,12,13). The summed E-state index contributed by atoms with van der Waals surface area (Å²) < 4.78 is 5.02. The van der Waals surface area contributed by atoms with Crippen molar-refractivity contribution in [2.75, 3.05) is 19.0 Å². The van der Waals surface area contributed by atoms with Gasteiger partial charge in [0.15, 0.2) is 0 Å². The summed E-state index contributed by atoms with van der Waals surface area (Å²) in [4.78, 5) is 4.01. The van der Waals surface area contributed by atoms with Crippen molar-refractivity contribution in [3.63, 3.8) is 0 Å². The van der Waals surface area contributed by atoms with Gasteiger partial charge in [0.2, 0.25) is 5.88 Å². The van der Waals surface area contributed by atoms with E-state index in [1.807, 2.05) is 26.0 Å². The monoisotopic (exact) mass is 210 g/mol. The molecule has 0 aliphatic carbocycles. The zero-order valence-electron chi connectivity index (χ0n) is 9.45. The van der Waals surface area contributed by atoms with Crippen molar-refractivity contribution >= 4 is 5.69 Å². The first-order chi connectivity index (χ1) is 7.13. The van der Waals surface area contributed by atoms with E-state index < -0.39 is 0 Å². The van der Waals surface area contributed by atoms with E-state index in [1.165, 1.54) is 0 Å². The lowest BCUT2D eigenvalue weighted by Gasteiger charge is -2.28. The summed E-state index contributed by atoms with van der Waals surface area (Å²) in [6.45, 7) is 4.09. The van der Waals surface area contributed by atoms with Crippen molar-refractivity contribution in [3.05, 3.63) is 18.3 Å². The summed E-state index contributed by atoms with van der Waals surface area (Å²) in [5.74, 6) is 0.566. The number of nitrogens with one attached hydrogen (secondary N) is 1. The maximum Gasteiger partial charge on any atom is 0.214 e. The Hall–Kier alpha value is -1.29. The molecule has 1 atom stereocenters. The predicted molar refractivity (Wildman–Crippen MR) is 60.2 cm³/mol. The van der Waals surface area contributed by atoms with Gasteiger partial charge in [0.05, 0.1) is 19.3 Å². The minimum atomic E-state index is -0.299. The molecule has 4 nitrogen and oxygen atoms in total. The molecule has 0 aromatic carbocycles. The molecule has 4 heteroatoms. The summed E-state index contributed by atoms with van der Waals surface area (Å²) in [6, 6.07) is 3.66. The minimum Gasteiger partial charge on any atom is -0.481 e. The molecule has 1 unspecified atom stereocenters. The van der Waals surface area contributed by atoms with Gasteiger partial charge in [0.25, 0.3) is 0 Å². The van der Waals surface area contributed by atoms with Crippen LogP contribution in [0.4, 0.5) is 5.69 Å². The highest BCUT2D eigenvalue weighted by molar-refractivity contribution is 5.47. The molecule has 2 N–H and O–H groups in total. The summed E-state index contributed by atoms with van der Waals surface area (Å²) in [5.41, 5.74) is 0.604. The van der Waals surface area contributed by atoms with Gasteiger partial charge >= 0.3 is 0 Å². The predicted octanol–water partition coefficient (Wildman–Crippen LogP) is 1.66. The quantitative estimate of drug-likeness (QED) is 0.776. The van der Waals surface area contributed by atoms with Crippen LogP contribution in [-0.2, 0) is 0 Å². The molecule has 15 heavy (non-hydrogen) atoms. The van der Waals surface area contributed by atoms with Crippen LogP contribution >= 0.6 is 0 Å². The second-order valence-corrected chi connectivity index (χ2v) is 3.78. The number of aliphatic hydroxyl groups excluding tert-OH is 1. The summed E-state index contributed by atoms with van der Waals surface area (Å²) in [7, 11) is 1.58. The van der Waals surface area contributed by atoms with Gasteiger partial charge < -0.3 is 15.2 Å². The van der Waals surface area contributed by atoms with Crippen molar-refractivity contribution in [1.29, 1.82) is 0 Å². The van der Waals surface area contributed by atoms with Crippen LogP contribution in [0.5, 0.6) is 5.88 Å². The Morgan fingerprint density at radius 3 is 2.87 bits per heavy atom. The zero-order chi connectivity index (χ0) is 11.3. The van der Waals surface area contributed by atoms with Crippen molar-refractivity contribution in [3.8, 4) is 5.88 Å². The lowest BCUT2D eigenvalue weighted by molar-refractivity contribution is 0.219.